The molecule has 0 bridgehead atoms. The molecular weight excluding hydrogens is 1300 g/mol. The van der Waals surface area contributed by atoms with E-state index in [0.29, 0.717) is 57.4 Å². The first-order valence-corrected chi connectivity index (χ1v) is 32.9. The normalized spacial score (nSPS) is 20.5. The molecule has 29 nitrogen and oxygen atoms in total. The Bertz CT molecular complexity index is 4200. The Morgan fingerprint density at radius 3 is 2.10 bits per heavy atom. The second-order valence-corrected chi connectivity index (χ2v) is 25.1. The van der Waals surface area contributed by atoms with E-state index in [9.17, 15) is 73.5 Å². The van der Waals surface area contributed by atoms with Gasteiger partial charge >= 0.3 is 12.1 Å². The van der Waals surface area contributed by atoms with E-state index < -0.39 is 152 Å². The Morgan fingerprint density at radius 1 is 0.740 bits per heavy atom. The van der Waals surface area contributed by atoms with Crippen LogP contribution in [0.4, 0.5) is 9.18 Å². The summed E-state index contributed by atoms with van der Waals surface area (Å²) in [6.07, 6.45) is -8.68. The van der Waals surface area contributed by atoms with Gasteiger partial charge in [0.25, 0.3) is 5.56 Å². The number of fused-ring (bicyclic) bond motifs is 8. The number of pyridine rings is 2. The van der Waals surface area contributed by atoms with Gasteiger partial charge in [0.1, 0.15) is 68.4 Å². The molecule has 6 aromatic rings. The maximum absolute atomic E-state index is 15.5. The number of halogens is 1. The van der Waals surface area contributed by atoms with Crippen LogP contribution < -0.4 is 48.1 Å². The fourth-order valence-corrected chi connectivity index (χ4v) is 13.5. The first kappa shape index (κ1) is 71.2. The van der Waals surface area contributed by atoms with Crippen LogP contribution in [0.2, 0.25) is 0 Å². The molecule has 528 valence electrons. The number of benzene rings is 4. The molecule has 5 heterocycles. The molecule has 0 spiro atoms. The zero-order chi connectivity index (χ0) is 71.1. The van der Waals surface area contributed by atoms with Gasteiger partial charge in [-0.05, 0) is 83.2 Å². The van der Waals surface area contributed by atoms with Crippen LogP contribution in [-0.2, 0) is 88.9 Å². The van der Waals surface area contributed by atoms with E-state index in [2.05, 4.69) is 42.5 Å². The van der Waals surface area contributed by atoms with Crippen LogP contribution in [0, 0.1) is 12.7 Å². The number of aryl methyl sites for hydroxylation is 1. The topological polar surface area (TPSA) is 423 Å². The van der Waals surface area contributed by atoms with Crippen molar-refractivity contribution < 1.29 is 92.0 Å². The molecule has 30 heteroatoms. The van der Waals surface area contributed by atoms with Gasteiger partial charge in [0.2, 0.25) is 41.4 Å². The highest BCUT2D eigenvalue weighted by Gasteiger charge is 2.47. The highest BCUT2D eigenvalue weighted by atomic mass is 19.1. The molecule has 2 aromatic heterocycles. The van der Waals surface area contributed by atoms with E-state index in [0.717, 1.165) is 27.8 Å². The third kappa shape index (κ3) is 15.2. The minimum Gasteiger partial charge on any atom is -0.458 e. The predicted molar refractivity (Wildman–Crippen MR) is 351 cm³/mol. The van der Waals surface area contributed by atoms with Crippen molar-refractivity contribution in [2.45, 2.75) is 132 Å². The van der Waals surface area contributed by atoms with Crippen LogP contribution in [0.3, 0.4) is 0 Å². The summed E-state index contributed by atoms with van der Waals surface area (Å²) < 4.78 is 38.9. The van der Waals surface area contributed by atoms with Crippen molar-refractivity contribution in [1.82, 2.24) is 52.1 Å². The Labute approximate surface area is 570 Å². The summed E-state index contributed by atoms with van der Waals surface area (Å²) in [7, 11) is 0. The second-order valence-electron chi connectivity index (χ2n) is 25.1. The maximum atomic E-state index is 15.5. The van der Waals surface area contributed by atoms with E-state index in [-0.39, 0.29) is 82.4 Å². The molecule has 1 fully saturated rings. The largest absolute Gasteiger partial charge is 0.458 e. The number of rotatable bonds is 27. The average Bonchev–Trinajstić information content (AvgIpc) is 1.46. The number of aliphatic hydroxyl groups is 5. The quantitative estimate of drug-likeness (QED) is 0.0181. The lowest BCUT2D eigenvalue weighted by atomic mass is 9.81. The zero-order valence-electron chi connectivity index (χ0n) is 54.6. The predicted octanol–water partition coefficient (Wildman–Crippen LogP) is -0.167. The highest BCUT2D eigenvalue weighted by molar-refractivity contribution is 5.96. The number of aromatic nitrogens is 2. The number of aliphatic hydroxyl groups excluding tert-OH is 4. The van der Waals surface area contributed by atoms with Gasteiger partial charge in [-0.1, -0.05) is 85.8 Å². The number of amides is 8. The van der Waals surface area contributed by atoms with Gasteiger partial charge in [-0.25, -0.2) is 19.0 Å². The second kappa shape index (κ2) is 31.0. The average molecular weight is 1380 g/mol. The van der Waals surface area contributed by atoms with Crippen molar-refractivity contribution in [2.75, 3.05) is 52.7 Å². The number of alkyl carbamates (subject to hydrolysis) is 1. The van der Waals surface area contributed by atoms with Crippen LogP contribution >= 0.6 is 0 Å². The first-order chi connectivity index (χ1) is 48.1. The van der Waals surface area contributed by atoms with Crippen molar-refractivity contribution >= 4 is 64.3 Å². The third-order valence-electron chi connectivity index (χ3n) is 18.9. The minimum absolute atomic E-state index is 0.0439. The number of nitrogens with one attached hydrogen (secondary N) is 8. The molecule has 8 amide bonds. The number of carbonyl (C=O) groups excluding carboxylic acids is 9. The summed E-state index contributed by atoms with van der Waals surface area (Å²) in [5, 5.41) is 72.8. The molecule has 0 radical (unpaired) electrons. The summed E-state index contributed by atoms with van der Waals surface area (Å²) >= 11 is 0. The summed E-state index contributed by atoms with van der Waals surface area (Å²) in [6, 6.07) is 23.4. The van der Waals surface area contributed by atoms with Crippen LogP contribution in [0.5, 0.6) is 0 Å². The molecule has 9 atom stereocenters. The van der Waals surface area contributed by atoms with Crippen molar-refractivity contribution in [3.63, 3.8) is 0 Å². The molecule has 1 saturated heterocycles. The molecule has 2 aliphatic carbocycles. The van der Waals surface area contributed by atoms with E-state index in [1.807, 2.05) is 48.5 Å². The Hall–Kier alpha value is -10.1. The number of carbonyl (C=O) groups is 9. The van der Waals surface area contributed by atoms with Crippen molar-refractivity contribution in [2.24, 2.45) is 0 Å². The van der Waals surface area contributed by atoms with Gasteiger partial charge < -0.3 is 91.6 Å². The van der Waals surface area contributed by atoms with Crippen molar-refractivity contribution in [3.8, 4) is 22.5 Å². The van der Waals surface area contributed by atoms with Crippen molar-refractivity contribution in [1.29, 1.82) is 0 Å². The smallest absolute Gasteiger partial charge is 0.407 e. The van der Waals surface area contributed by atoms with Gasteiger partial charge in [-0.3, -0.25) is 38.4 Å². The van der Waals surface area contributed by atoms with Crippen LogP contribution in [0.15, 0.2) is 95.8 Å². The Kier molecular flexibility index (Phi) is 22.1. The minimum atomic E-state index is -2.07. The van der Waals surface area contributed by atoms with Gasteiger partial charge in [0.15, 0.2) is 5.60 Å². The molecule has 5 aliphatic rings. The molecule has 11 rings (SSSR count). The lowest BCUT2D eigenvalue weighted by molar-refractivity contribution is -0.227. The monoisotopic (exact) mass is 1380 g/mol. The number of esters is 1. The molecular formula is C70H77FN10O19. The van der Waals surface area contributed by atoms with Crippen LogP contribution in [-0.4, -0.2) is 184 Å². The number of hydrogen-bond acceptors (Lipinski definition) is 20. The zero-order valence-corrected chi connectivity index (χ0v) is 54.6. The molecule has 100 heavy (non-hydrogen) atoms. The summed E-state index contributed by atoms with van der Waals surface area (Å²) in [6.45, 7) is -0.695. The Morgan fingerprint density at radius 2 is 1.40 bits per heavy atom. The lowest BCUT2D eigenvalue weighted by Gasteiger charge is -2.40. The molecule has 3 aliphatic heterocycles. The fraction of sp³-hybridized carbons (Fsp3) is 0.414. The number of cyclic esters (lactones) is 1. The van der Waals surface area contributed by atoms with Gasteiger partial charge in [0.05, 0.1) is 74.3 Å². The summed E-state index contributed by atoms with van der Waals surface area (Å²) in [5.41, 5.74) is 5.54. The maximum Gasteiger partial charge on any atom is 0.407 e. The van der Waals surface area contributed by atoms with E-state index in [1.165, 1.54) is 10.6 Å². The number of nitrogens with zero attached hydrogens (tertiary/aromatic N) is 2. The van der Waals surface area contributed by atoms with Gasteiger partial charge in [0, 0.05) is 47.9 Å². The van der Waals surface area contributed by atoms with E-state index in [1.54, 1.807) is 50.2 Å². The van der Waals surface area contributed by atoms with E-state index >= 15 is 4.39 Å². The SMILES string of the molecule is CC[C@@]1(O)C(=O)OCc2c1cc1n(c2=O)Cc2c-1nc1cc(F)c(C)c3c1c2[C@@H](NC(=O)CCOCNC(=O)CNC(=O)[C@H](Cc1ccccc1)NC(=O)CNC(=O)CNC(=O)[C@H](CCC(=O)NC[C@@H]1O[C@H](CO)[C@@H](O)[C@H](O)[C@H]1O)NC(=O)OCC1c2ccccc2-c2ccccc21)CC3. The molecule has 13 N–H and O–H groups in total. The summed E-state index contributed by atoms with van der Waals surface area (Å²) in [5.74, 6) is -6.90. The lowest BCUT2D eigenvalue weighted by Crippen LogP contribution is -2.60. The van der Waals surface area contributed by atoms with Crippen LogP contribution in [0.1, 0.15) is 101 Å². The van der Waals surface area contributed by atoms with Crippen LogP contribution in [0.25, 0.3) is 33.4 Å². The molecule has 0 unspecified atom stereocenters. The standard InChI is InChI=1S/C70H77FN10O19/c1-3-70(96)45-24-51-61-42(30-81(51)67(93)44(45)33-98-68(70)94)60-47(18-17-37-35(2)46(71)25-49(79-61)59(37)60)77-55(84)21-22-97-34-76-57(86)28-75-66(92)50(23-36-11-5-4-6-12-36)78-58(87)29-73-56(85)27-74-65(91)48(19-20-54(83)72-26-52-62(88)64(90)63(89)53(31-82)100-52)80-69(95)99-32-43-40-15-9-7-13-38(40)39-14-8-10-16-41(39)43/h4-16,24-25,43,47-48,50,52-53,62-64,82,88-90,96H,3,17-23,26-34H2,1-2H3,(H,72,83)(H,73,85)(H,74,91)(H,75,92)(H,76,86)(H,77,84)(H,78,87)(H,80,95)/t47-,48-,50-,52-,53+,62-,63+,64+,70-/m0/s1. The molecule has 4 aromatic carbocycles. The fourth-order valence-electron chi connectivity index (χ4n) is 13.5. The number of ether oxygens (including phenoxy) is 4. The van der Waals surface area contributed by atoms with Crippen molar-refractivity contribution in [3.05, 3.63) is 157 Å². The Balaban J connectivity index is 0.645. The van der Waals surface area contributed by atoms with Gasteiger partial charge in [-0.15, -0.1) is 0 Å². The summed E-state index contributed by atoms with van der Waals surface area (Å²) in [4.78, 5) is 139. The third-order valence-corrected chi connectivity index (χ3v) is 18.9. The molecule has 0 saturated carbocycles. The first-order valence-electron chi connectivity index (χ1n) is 32.9. The highest BCUT2D eigenvalue weighted by Crippen LogP contribution is 2.47. The van der Waals surface area contributed by atoms with Gasteiger partial charge in [-0.2, -0.15) is 0 Å². The number of hydrogen-bond donors (Lipinski definition) is 13. The van der Waals surface area contributed by atoms with E-state index in [4.69, 9.17) is 23.9 Å².